The molecule has 0 unspecified atom stereocenters. The van der Waals surface area contributed by atoms with Gasteiger partial charge in [0.15, 0.2) is 5.82 Å². The van der Waals surface area contributed by atoms with E-state index in [4.69, 9.17) is 10.5 Å². The van der Waals surface area contributed by atoms with E-state index in [1.54, 1.807) is 12.4 Å². The van der Waals surface area contributed by atoms with Crippen molar-refractivity contribution in [3.8, 4) is 5.75 Å². The first-order chi connectivity index (χ1) is 18.6. The van der Waals surface area contributed by atoms with Gasteiger partial charge in [-0.2, -0.15) is 10.1 Å². The Kier molecular flexibility index (Phi) is 8.51. The summed E-state index contributed by atoms with van der Waals surface area (Å²) in [7, 11) is 0. The molecule has 0 radical (unpaired) electrons. The summed E-state index contributed by atoms with van der Waals surface area (Å²) in [5.41, 5.74) is 8.19. The number of carbonyl (C=O) groups excluding carboxylic acids is 1. The smallest absolute Gasteiger partial charge is 0.229 e. The van der Waals surface area contributed by atoms with E-state index in [-0.39, 0.29) is 5.91 Å². The van der Waals surface area contributed by atoms with Gasteiger partial charge in [-0.15, -0.1) is 0 Å². The van der Waals surface area contributed by atoms with E-state index in [0.717, 1.165) is 69.4 Å². The SMILES string of the molecule is Nc1cnc2nc1Nc1ccc(cc1)OCCCC(=O)NCCCN1CCN(CC1)CCn1cc(cn1)N2. The van der Waals surface area contributed by atoms with E-state index in [2.05, 4.69) is 40.8 Å². The van der Waals surface area contributed by atoms with Crippen LogP contribution in [0.4, 0.5) is 28.8 Å². The predicted molar refractivity (Wildman–Crippen MR) is 147 cm³/mol. The van der Waals surface area contributed by atoms with Crippen molar-refractivity contribution in [1.82, 2.24) is 34.9 Å². The minimum atomic E-state index is 0.0772. The Morgan fingerprint density at radius 2 is 1.63 bits per heavy atom. The second-order valence-electron chi connectivity index (χ2n) is 9.60. The predicted octanol–water partition coefficient (Wildman–Crippen LogP) is 2.04. The summed E-state index contributed by atoms with van der Waals surface area (Å²) >= 11 is 0. The number of ether oxygens (including phenoxy) is 1. The second kappa shape index (κ2) is 12.6. The zero-order valence-electron chi connectivity index (χ0n) is 21.6. The number of carbonyl (C=O) groups is 1. The number of nitrogens with two attached hydrogens (primary N) is 1. The normalized spacial score (nSPS) is 21.4. The van der Waals surface area contributed by atoms with Gasteiger partial charge in [-0.1, -0.05) is 0 Å². The van der Waals surface area contributed by atoms with Crippen LogP contribution in [0.25, 0.3) is 0 Å². The van der Waals surface area contributed by atoms with E-state index in [9.17, 15) is 4.79 Å². The van der Waals surface area contributed by atoms with Crippen LogP contribution < -0.4 is 26.4 Å². The summed E-state index contributed by atoms with van der Waals surface area (Å²) in [5, 5.41) is 14.0. The molecule has 1 saturated heterocycles. The third-order valence-corrected chi connectivity index (χ3v) is 6.72. The molecule has 0 aliphatic carbocycles. The lowest BCUT2D eigenvalue weighted by Gasteiger charge is -2.34. The summed E-state index contributed by atoms with van der Waals surface area (Å²) in [6, 6.07) is 7.54. The van der Waals surface area contributed by atoms with Crippen LogP contribution in [0, 0.1) is 0 Å². The quantitative estimate of drug-likeness (QED) is 0.348. The lowest BCUT2D eigenvalue weighted by Crippen LogP contribution is -2.47. The number of hydrogen-bond acceptors (Lipinski definition) is 10. The summed E-state index contributed by atoms with van der Waals surface area (Å²) in [6.07, 6.45) is 7.40. The lowest BCUT2D eigenvalue weighted by molar-refractivity contribution is -0.121. The van der Waals surface area contributed by atoms with Crippen molar-refractivity contribution in [2.45, 2.75) is 25.8 Å². The third kappa shape index (κ3) is 7.33. The molecule has 8 bridgehead atoms. The number of aromatic nitrogens is 4. The van der Waals surface area contributed by atoms with Crippen LogP contribution >= 0.6 is 0 Å². The second-order valence-corrected chi connectivity index (χ2v) is 9.60. The molecular weight excluding hydrogens is 484 g/mol. The van der Waals surface area contributed by atoms with Crippen LogP contribution in [0.15, 0.2) is 42.9 Å². The van der Waals surface area contributed by atoms with E-state index in [1.807, 2.05) is 35.1 Å². The number of benzene rings is 1. The molecule has 38 heavy (non-hydrogen) atoms. The number of nitrogen functional groups attached to an aromatic ring is 1. The average molecular weight is 521 g/mol. The molecule has 0 saturated carbocycles. The Bertz CT molecular complexity index is 1190. The minimum absolute atomic E-state index is 0.0772. The molecule has 1 fully saturated rings. The van der Waals surface area contributed by atoms with Gasteiger partial charge in [-0.05, 0) is 43.7 Å². The van der Waals surface area contributed by atoms with Crippen LogP contribution in [0.5, 0.6) is 5.75 Å². The Hall–Kier alpha value is -3.90. The van der Waals surface area contributed by atoms with Gasteiger partial charge in [0, 0.05) is 57.6 Å². The fourth-order valence-electron chi connectivity index (χ4n) is 4.52. The van der Waals surface area contributed by atoms with Crippen LogP contribution in [-0.4, -0.2) is 87.9 Å². The monoisotopic (exact) mass is 520 g/mol. The highest BCUT2D eigenvalue weighted by Crippen LogP contribution is 2.24. The van der Waals surface area contributed by atoms with Crippen LogP contribution in [0.3, 0.4) is 0 Å². The maximum Gasteiger partial charge on any atom is 0.229 e. The highest BCUT2D eigenvalue weighted by atomic mass is 16.5. The van der Waals surface area contributed by atoms with Gasteiger partial charge in [0.05, 0.1) is 36.9 Å². The Morgan fingerprint density at radius 1 is 0.868 bits per heavy atom. The number of nitrogens with one attached hydrogen (secondary N) is 3. The minimum Gasteiger partial charge on any atom is -0.494 e. The van der Waals surface area contributed by atoms with Gasteiger partial charge in [0.2, 0.25) is 11.9 Å². The molecule has 2 aromatic heterocycles. The molecule has 0 atom stereocenters. The van der Waals surface area contributed by atoms with Crippen molar-refractivity contribution >= 4 is 34.7 Å². The van der Waals surface area contributed by atoms with E-state index in [0.29, 0.717) is 43.4 Å². The van der Waals surface area contributed by atoms with E-state index >= 15 is 0 Å². The van der Waals surface area contributed by atoms with E-state index in [1.165, 1.54) is 0 Å². The van der Waals surface area contributed by atoms with Crippen LogP contribution in [0.2, 0.25) is 0 Å². The standard InChI is InChI=1S/C26H36N10O2/c27-23-18-29-26-32-21-17-30-36(19-21)15-14-35-12-10-34(11-13-35)9-2-8-28-24(37)3-1-16-38-22-6-4-20(5-7-22)31-25(23)33-26/h4-7,17-19H,1-3,8-16,27H2,(H,28,37)(H2,29,31,32,33). The third-order valence-electron chi connectivity index (χ3n) is 6.72. The molecule has 0 spiro atoms. The van der Waals surface area contributed by atoms with Crippen LogP contribution in [-0.2, 0) is 11.3 Å². The van der Waals surface area contributed by atoms with Gasteiger partial charge in [-0.3, -0.25) is 14.4 Å². The molecular formula is C26H36N10O2. The molecule has 12 heteroatoms. The molecule has 5 N–H and O–H groups in total. The molecule has 12 nitrogen and oxygen atoms in total. The zero-order valence-corrected chi connectivity index (χ0v) is 21.6. The van der Waals surface area contributed by atoms with Crippen molar-refractivity contribution in [1.29, 1.82) is 0 Å². The van der Waals surface area contributed by atoms with Gasteiger partial charge < -0.3 is 31.3 Å². The maximum absolute atomic E-state index is 12.2. The Morgan fingerprint density at radius 3 is 2.45 bits per heavy atom. The fraction of sp³-hybridized carbons (Fsp3) is 0.462. The Labute approximate surface area is 222 Å². The average Bonchev–Trinajstić information content (AvgIpc) is 3.38. The summed E-state index contributed by atoms with van der Waals surface area (Å²) in [5.74, 6) is 1.75. The maximum atomic E-state index is 12.2. The molecule has 1 amide bonds. The van der Waals surface area contributed by atoms with Crippen molar-refractivity contribution in [2.75, 3.05) is 68.8 Å². The first-order valence-corrected chi connectivity index (χ1v) is 13.2. The van der Waals surface area contributed by atoms with E-state index < -0.39 is 0 Å². The molecule has 8 rings (SSSR count). The van der Waals surface area contributed by atoms with Crippen molar-refractivity contribution < 1.29 is 9.53 Å². The van der Waals surface area contributed by atoms with Crippen molar-refractivity contribution in [3.05, 3.63) is 42.9 Å². The lowest BCUT2D eigenvalue weighted by atomic mass is 10.2. The number of anilines is 5. The fourth-order valence-corrected chi connectivity index (χ4v) is 4.52. The highest BCUT2D eigenvalue weighted by molar-refractivity contribution is 5.75. The van der Waals surface area contributed by atoms with Gasteiger partial charge in [0.1, 0.15) is 5.75 Å². The molecule has 7 heterocycles. The van der Waals surface area contributed by atoms with Gasteiger partial charge >= 0.3 is 0 Å². The van der Waals surface area contributed by atoms with Crippen LogP contribution in [0.1, 0.15) is 19.3 Å². The first-order valence-electron chi connectivity index (χ1n) is 13.2. The number of hydrogen-bond donors (Lipinski definition) is 4. The van der Waals surface area contributed by atoms with Gasteiger partial charge in [-0.25, -0.2) is 4.98 Å². The Balaban J connectivity index is 1.25. The first kappa shape index (κ1) is 25.7. The summed E-state index contributed by atoms with van der Waals surface area (Å²) in [4.78, 5) is 26.0. The summed E-state index contributed by atoms with van der Waals surface area (Å²) in [6.45, 7) is 8.11. The molecule has 3 aromatic rings. The van der Waals surface area contributed by atoms with Gasteiger partial charge in [0.25, 0.3) is 0 Å². The molecule has 202 valence electrons. The molecule has 1 aromatic carbocycles. The number of piperazine rings is 1. The largest absolute Gasteiger partial charge is 0.494 e. The number of rotatable bonds is 0. The van der Waals surface area contributed by atoms with Crippen molar-refractivity contribution in [2.24, 2.45) is 0 Å². The van der Waals surface area contributed by atoms with Crippen molar-refractivity contribution in [3.63, 3.8) is 0 Å². The number of nitrogens with zero attached hydrogens (tertiary/aromatic N) is 6. The molecule has 5 aliphatic heterocycles. The highest BCUT2D eigenvalue weighted by Gasteiger charge is 2.16. The topological polar surface area (TPSA) is 138 Å². The number of amides is 1. The summed E-state index contributed by atoms with van der Waals surface area (Å²) < 4.78 is 7.74. The zero-order chi connectivity index (χ0) is 26.2. The molecule has 5 aliphatic rings.